The standard InChI is InChI=1S/C17H21NO2/c19-15-9-4-10-18(14-8-2-1-5-13(14)15)17(20)16-11-6-3-7-12(11)16/h1-2,5,8,11-12,15-16,19H,3-4,6-7,9-10H2. The van der Waals surface area contributed by atoms with E-state index in [1.807, 2.05) is 29.2 Å². The van der Waals surface area contributed by atoms with Crippen molar-refractivity contribution in [2.75, 3.05) is 11.4 Å². The second-order valence-corrected chi connectivity index (χ2v) is 6.49. The predicted molar refractivity (Wildman–Crippen MR) is 77.3 cm³/mol. The lowest BCUT2D eigenvalue weighted by Gasteiger charge is -2.24. The molecule has 0 saturated heterocycles. The van der Waals surface area contributed by atoms with Gasteiger partial charge in [-0.3, -0.25) is 4.79 Å². The molecule has 3 aliphatic rings. The molecular formula is C17H21NO2. The van der Waals surface area contributed by atoms with E-state index in [1.54, 1.807) is 0 Å². The van der Waals surface area contributed by atoms with Gasteiger partial charge >= 0.3 is 0 Å². The second kappa shape index (κ2) is 4.59. The van der Waals surface area contributed by atoms with Gasteiger partial charge in [0.05, 0.1) is 6.10 Å². The molecule has 3 unspecified atom stereocenters. The molecule has 20 heavy (non-hydrogen) atoms. The molecule has 1 heterocycles. The summed E-state index contributed by atoms with van der Waals surface area (Å²) in [4.78, 5) is 14.8. The molecule has 0 bridgehead atoms. The molecule has 106 valence electrons. The van der Waals surface area contributed by atoms with Gasteiger partial charge in [0.1, 0.15) is 0 Å². The van der Waals surface area contributed by atoms with Gasteiger partial charge in [-0.1, -0.05) is 24.6 Å². The van der Waals surface area contributed by atoms with E-state index in [2.05, 4.69) is 0 Å². The highest BCUT2D eigenvalue weighted by atomic mass is 16.3. The van der Waals surface area contributed by atoms with Gasteiger partial charge < -0.3 is 10.0 Å². The summed E-state index contributed by atoms with van der Waals surface area (Å²) in [5.74, 6) is 1.89. The highest BCUT2D eigenvalue weighted by molar-refractivity contribution is 5.98. The Labute approximate surface area is 119 Å². The molecule has 3 heteroatoms. The zero-order valence-corrected chi connectivity index (χ0v) is 11.7. The third-order valence-electron chi connectivity index (χ3n) is 5.40. The summed E-state index contributed by atoms with van der Waals surface area (Å²) < 4.78 is 0. The van der Waals surface area contributed by atoms with Gasteiger partial charge in [-0.05, 0) is 43.6 Å². The lowest BCUT2D eigenvalue weighted by molar-refractivity contribution is -0.120. The first-order valence-electron chi connectivity index (χ1n) is 7.86. The van der Waals surface area contributed by atoms with Crippen LogP contribution in [0.15, 0.2) is 24.3 Å². The molecule has 2 saturated carbocycles. The summed E-state index contributed by atoms with van der Waals surface area (Å²) >= 11 is 0. The first-order chi connectivity index (χ1) is 9.77. The average Bonchev–Trinajstić information content (AvgIpc) is 3.02. The summed E-state index contributed by atoms with van der Waals surface area (Å²) in [7, 11) is 0. The highest BCUT2D eigenvalue weighted by Gasteiger charge is 2.57. The quantitative estimate of drug-likeness (QED) is 0.853. The summed E-state index contributed by atoms with van der Waals surface area (Å²) in [6.45, 7) is 0.753. The zero-order chi connectivity index (χ0) is 13.7. The van der Waals surface area contributed by atoms with Crippen LogP contribution in [0.1, 0.15) is 43.8 Å². The zero-order valence-electron chi connectivity index (χ0n) is 11.7. The number of hydrogen-bond acceptors (Lipinski definition) is 2. The number of benzene rings is 1. The van der Waals surface area contributed by atoms with Gasteiger partial charge in [0, 0.05) is 23.7 Å². The van der Waals surface area contributed by atoms with Crippen molar-refractivity contribution in [2.24, 2.45) is 17.8 Å². The number of para-hydroxylation sites is 1. The fraction of sp³-hybridized carbons (Fsp3) is 0.588. The maximum Gasteiger partial charge on any atom is 0.230 e. The van der Waals surface area contributed by atoms with Crippen molar-refractivity contribution < 1.29 is 9.90 Å². The SMILES string of the molecule is O=C(C1C2CCCC21)N1CCCC(O)c2ccccc21. The lowest BCUT2D eigenvalue weighted by Crippen LogP contribution is -2.34. The van der Waals surface area contributed by atoms with Gasteiger partial charge in [0.2, 0.25) is 5.91 Å². The minimum atomic E-state index is -0.428. The molecule has 1 N–H and O–H groups in total. The Kier molecular flexibility index (Phi) is 2.84. The van der Waals surface area contributed by atoms with Crippen molar-refractivity contribution in [3.8, 4) is 0 Å². The number of hydrogen-bond donors (Lipinski definition) is 1. The van der Waals surface area contributed by atoms with Crippen LogP contribution in [0.2, 0.25) is 0 Å². The van der Waals surface area contributed by atoms with Crippen LogP contribution in [0.3, 0.4) is 0 Å². The Balaban J connectivity index is 1.64. The van der Waals surface area contributed by atoms with Gasteiger partial charge in [0.25, 0.3) is 0 Å². The maximum absolute atomic E-state index is 12.8. The largest absolute Gasteiger partial charge is 0.388 e. The van der Waals surface area contributed by atoms with Crippen molar-refractivity contribution in [1.29, 1.82) is 0 Å². The van der Waals surface area contributed by atoms with Crippen LogP contribution in [0.25, 0.3) is 0 Å². The maximum atomic E-state index is 12.8. The Hall–Kier alpha value is -1.35. The number of rotatable bonds is 1. The number of aliphatic hydroxyl groups is 1. The molecule has 1 aromatic carbocycles. The van der Waals surface area contributed by atoms with Gasteiger partial charge in [-0.15, -0.1) is 0 Å². The first-order valence-corrected chi connectivity index (χ1v) is 7.86. The molecule has 1 aliphatic heterocycles. The smallest absolute Gasteiger partial charge is 0.230 e. The fourth-order valence-corrected chi connectivity index (χ4v) is 4.33. The minimum Gasteiger partial charge on any atom is -0.388 e. The summed E-state index contributed by atoms with van der Waals surface area (Å²) in [5, 5.41) is 10.2. The molecule has 2 aliphatic carbocycles. The summed E-state index contributed by atoms with van der Waals surface area (Å²) in [6.07, 6.45) is 4.97. The van der Waals surface area contributed by atoms with Crippen LogP contribution in [0, 0.1) is 17.8 Å². The lowest BCUT2D eigenvalue weighted by atomic mass is 10.0. The van der Waals surface area contributed by atoms with Crippen molar-refractivity contribution in [3.05, 3.63) is 29.8 Å². The Bertz CT molecular complexity index is 532. The van der Waals surface area contributed by atoms with E-state index in [4.69, 9.17) is 0 Å². The van der Waals surface area contributed by atoms with E-state index < -0.39 is 6.10 Å². The number of anilines is 1. The average molecular weight is 271 g/mol. The van der Waals surface area contributed by atoms with E-state index in [0.717, 1.165) is 30.6 Å². The number of aliphatic hydroxyl groups excluding tert-OH is 1. The molecule has 0 aromatic heterocycles. The highest BCUT2D eigenvalue weighted by Crippen LogP contribution is 2.58. The van der Waals surface area contributed by atoms with Crippen LogP contribution >= 0.6 is 0 Å². The first kappa shape index (κ1) is 12.4. The summed E-state index contributed by atoms with van der Waals surface area (Å²) in [5.41, 5.74) is 1.86. The molecule has 1 amide bonds. The Morgan fingerprint density at radius 1 is 1.10 bits per heavy atom. The fourth-order valence-electron chi connectivity index (χ4n) is 4.33. The molecule has 3 nitrogen and oxygen atoms in total. The van der Waals surface area contributed by atoms with Gasteiger partial charge in [0.15, 0.2) is 0 Å². The number of carbonyl (C=O) groups is 1. The van der Waals surface area contributed by atoms with Crippen LogP contribution in [-0.2, 0) is 4.79 Å². The van der Waals surface area contributed by atoms with Crippen molar-refractivity contribution in [2.45, 2.75) is 38.2 Å². The second-order valence-electron chi connectivity index (χ2n) is 6.49. The Morgan fingerprint density at radius 2 is 1.85 bits per heavy atom. The van der Waals surface area contributed by atoms with E-state index >= 15 is 0 Å². The van der Waals surface area contributed by atoms with Gasteiger partial charge in [-0.25, -0.2) is 0 Å². The van der Waals surface area contributed by atoms with Crippen molar-refractivity contribution in [3.63, 3.8) is 0 Å². The molecule has 0 spiro atoms. The van der Waals surface area contributed by atoms with E-state index in [-0.39, 0.29) is 5.92 Å². The Morgan fingerprint density at radius 3 is 2.65 bits per heavy atom. The topological polar surface area (TPSA) is 40.5 Å². The molecule has 2 fully saturated rings. The molecular weight excluding hydrogens is 250 g/mol. The van der Waals surface area contributed by atoms with E-state index in [0.29, 0.717) is 17.7 Å². The van der Waals surface area contributed by atoms with Crippen LogP contribution in [0.5, 0.6) is 0 Å². The molecule has 1 aromatic rings. The normalized spacial score (nSPS) is 35.1. The van der Waals surface area contributed by atoms with Gasteiger partial charge in [-0.2, -0.15) is 0 Å². The minimum absolute atomic E-state index is 0.270. The van der Waals surface area contributed by atoms with Crippen molar-refractivity contribution >= 4 is 11.6 Å². The number of carbonyl (C=O) groups excluding carboxylic acids is 1. The third kappa shape index (κ3) is 1.80. The van der Waals surface area contributed by atoms with Crippen LogP contribution < -0.4 is 4.90 Å². The molecule has 4 rings (SSSR count). The monoisotopic (exact) mass is 271 g/mol. The molecule has 0 radical (unpaired) electrons. The van der Waals surface area contributed by atoms with Crippen LogP contribution in [-0.4, -0.2) is 17.6 Å². The van der Waals surface area contributed by atoms with Crippen LogP contribution in [0.4, 0.5) is 5.69 Å². The predicted octanol–water partition coefficient (Wildman–Crippen LogP) is 2.89. The van der Waals surface area contributed by atoms with Crippen molar-refractivity contribution in [1.82, 2.24) is 0 Å². The molecule has 3 atom stereocenters. The number of fused-ring (bicyclic) bond motifs is 2. The summed E-state index contributed by atoms with van der Waals surface area (Å²) in [6, 6.07) is 7.85. The third-order valence-corrected chi connectivity index (χ3v) is 5.40. The van der Waals surface area contributed by atoms with E-state index in [9.17, 15) is 9.90 Å². The van der Waals surface area contributed by atoms with E-state index in [1.165, 1.54) is 19.3 Å². The number of nitrogens with zero attached hydrogens (tertiary/aromatic N) is 1. The number of amides is 1.